The molecule has 5 nitrogen and oxygen atoms in total. The molecule has 5 heteroatoms. The summed E-state index contributed by atoms with van der Waals surface area (Å²) in [6.07, 6.45) is 3.79. The van der Waals surface area contributed by atoms with Gasteiger partial charge in [0.25, 0.3) is 0 Å². The molecule has 2 aliphatic heterocycles. The second-order valence-electron chi connectivity index (χ2n) is 7.23. The van der Waals surface area contributed by atoms with E-state index >= 15 is 0 Å². The van der Waals surface area contributed by atoms with Crippen molar-refractivity contribution >= 4 is 11.9 Å². The fourth-order valence-corrected chi connectivity index (χ4v) is 3.88. The summed E-state index contributed by atoms with van der Waals surface area (Å²) in [5, 5.41) is 9.09. The summed E-state index contributed by atoms with van der Waals surface area (Å²) in [6, 6.07) is 7.16. The molecule has 0 spiro atoms. The quantitative estimate of drug-likeness (QED) is 0.918. The molecule has 1 aromatic rings. The number of nitrogens with zero attached hydrogens (tertiary/aromatic N) is 2. The minimum Gasteiger partial charge on any atom is -0.478 e. The fourth-order valence-electron chi connectivity index (χ4n) is 3.88. The van der Waals surface area contributed by atoms with Crippen molar-refractivity contribution in [1.29, 1.82) is 0 Å². The van der Waals surface area contributed by atoms with Crippen molar-refractivity contribution < 1.29 is 14.7 Å². The molecule has 2 aliphatic rings. The van der Waals surface area contributed by atoms with Crippen LogP contribution in [0.4, 0.5) is 0 Å². The molecule has 0 aliphatic carbocycles. The molecule has 1 atom stereocenters. The summed E-state index contributed by atoms with van der Waals surface area (Å²) < 4.78 is 0. The van der Waals surface area contributed by atoms with Crippen molar-refractivity contribution in [2.45, 2.75) is 25.7 Å². The number of carbonyl (C=O) groups is 2. The number of carbonyl (C=O) groups excluding carboxylic acids is 1. The van der Waals surface area contributed by atoms with Gasteiger partial charge in [0, 0.05) is 19.0 Å². The number of likely N-dealkylation sites (tertiary alicyclic amines) is 2. The Hall–Kier alpha value is -1.88. The summed E-state index contributed by atoms with van der Waals surface area (Å²) in [6.45, 7) is 3.67. The van der Waals surface area contributed by atoms with E-state index in [0.717, 1.165) is 57.4 Å². The minimum absolute atomic E-state index is 0.190. The molecule has 130 valence electrons. The number of rotatable bonds is 4. The van der Waals surface area contributed by atoms with Gasteiger partial charge in [-0.3, -0.25) is 4.79 Å². The lowest BCUT2D eigenvalue weighted by atomic mass is 9.95. The Morgan fingerprint density at radius 2 is 1.92 bits per heavy atom. The molecule has 1 aromatic carbocycles. The third kappa shape index (κ3) is 3.96. The molecule has 0 bridgehead atoms. The predicted octanol–water partition coefficient (Wildman–Crippen LogP) is 2.12. The standard InChI is InChI=1S/C19H26N2O3/c1-20-8-6-16(7-9-20)18(22)21-10-5-15(13-21)11-14-3-2-4-17(12-14)19(23)24/h2-4,12,15-16H,5-11,13H2,1H3,(H,23,24)/t15-/m0/s1. The molecular formula is C19H26N2O3. The second kappa shape index (κ2) is 7.34. The van der Waals surface area contributed by atoms with Crippen molar-refractivity contribution in [3.8, 4) is 0 Å². The molecule has 0 unspecified atom stereocenters. The van der Waals surface area contributed by atoms with Crippen molar-refractivity contribution in [3.63, 3.8) is 0 Å². The Kier molecular flexibility index (Phi) is 5.19. The average molecular weight is 330 g/mol. The number of benzene rings is 1. The van der Waals surface area contributed by atoms with Crippen LogP contribution in [0.1, 0.15) is 35.2 Å². The van der Waals surface area contributed by atoms with E-state index in [2.05, 4.69) is 11.9 Å². The fraction of sp³-hybridized carbons (Fsp3) is 0.579. The van der Waals surface area contributed by atoms with E-state index in [1.54, 1.807) is 18.2 Å². The van der Waals surface area contributed by atoms with E-state index in [9.17, 15) is 9.59 Å². The van der Waals surface area contributed by atoms with Gasteiger partial charge in [0.05, 0.1) is 5.56 Å². The van der Waals surface area contributed by atoms with Gasteiger partial charge in [0.15, 0.2) is 0 Å². The third-order valence-electron chi connectivity index (χ3n) is 5.36. The Balaban J connectivity index is 1.54. The van der Waals surface area contributed by atoms with Gasteiger partial charge in [-0.15, -0.1) is 0 Å². The van der Waals surface area contributed by atoms with Crippen LogP contribution in [0.25, 0.3) is 0 Å². The lowest BCUT2D eigenvalue weighted by Gasteiger charge is -2.30. The first-order valence-corrected chi connectivity index (χ1v) is 8.82. The van der Waals surface area contributed by atoms with E-state index in [-0.39, 0.29) is 5.92 Å². The molecule has 2 heterocycles. The first-order chi connectivity index (χ1) is 11.5. The molecule has 1 amide bonds. The summed E-state index contributed by atoms with van der Waals surface area (Å²) in [5.41, 5.74) is 1.39. The monoisotopic (exact) mass is 330 g/mol. The van der Waals surface area contributed by atoms with Gasteiger partial charge < -0.3 is 14.9 Å². The van der Waals surface area contributed by atoms with Crippen LogP contribution < -0.4 is 0 Å². The zero-order valence-electron chi connectivity index (χ0n) is 14.3. The molecule has 0 radical (unpaired) electrons. The summed E-state index contributed by atoms with van der Waals surface area (Å²) in [4.78, 5) is 28.1. The highest BCUT2D eigenvalue weighted by Crippen LogP contribution is 2.26. The van der Waals surface area contributed by atoms with Crippen LogP contribution >= 0.6 is 0 Å². The molecule has 2 saturated heterocycles. The Morgan fingerprint density at radius 1 is 1.17 bits per heavy atom. The van der Waals surface area contributed by atoms with Gasteiger partial charge in [-0.05, 0) is 69.4 Å². The van der Waals surface area contributed by atoms with E-state index in [1.165, 1.54) is 0 Å². The number of carboxylic acid groups (broad SMARTS) is 1. The van der Waals surface area contributed by atoms with Gasteiger partial charge in [-0.2, -0.15) is 0 Å². The van der Waals surface area contributed by atoms with Gasteiger partial charge in [-0.1, -0.05) is 12.1 Å². The number of piperidine rings is 1. The molecule has 1 N–H and O–H groups in total. The van der Waals surface area contributed by atoms with Crippen molar-refractivity contribution in [2.75, 3.05) is 33.2 Å². The highest BCUT2D eigenvalue weighted by Gasteiger charge is 2.32. The first kappa shape index (κ1) is 17.0. The van der Waals surface area contributed by atoms with E-state index in [0.29, 0.717) is 17.4 Å². The third-order valence-corrected chi connectivity index (χ3v) is 5.36. The number of hydrogen-bond acceptors (Lipinski definition) is 3. The first-order valence-electron chi connectivity index (χ1n) is 8.82. The maximum absolute atomic E-state index is 12.7. The Bertz CT molecular complexity index is 608. The SMILES string of the molecule is CN1CCC(C(=O)N2CC[C@@H](Cc3cccc(C(=O)O)c3)C2)CC1. The van der Waals surface area contributed by atoms with Crippen LogP contribution in [0.15, 0.2) is 24.3 Å². The topological polar surface area (TPSA) is 60.9 Å². The summed E-state index contributed by atoms with van der Waals surface area (Å²) in [5.74, 6) is 0.0618. The zero-order valence-corrected chi connectivity index (χ0v) is 14.3. The average Bonchev–Trinajstić information content (AvgIpc) is 3.03. The van der Waals surface area contributed by atoms with Gasteiger partial charge in [-0.25, -0.2) is 4.79 Å². The van der Waals surface area contributed by atoms with Crippen LogP contribution in [-0.2, 0) is 11.2 Å². The minimum atomic E-state index is -0.887. The van der Waals surface area contributed by atoms with Crippen LogP contribution in [-0.4, -0.2) is 60.0 Å². The molecule has 0 aromatic heterocycles. The van der Waals surface area contributed by atoms with E-state index < -0.39 is 5.97 Å². The van der Waals surface area contributed by atoms with Crippen molar-refractivity contribution in [1.82, 2.24) is 9.80 Å². The maximum atomic E-state index is 12.7. The predicted molar refractivity (Wildman–Crippen MR) is 92.0 cm³/mol. The van der Waals surface area contributed by atoms with Crippen molar-refractivity contribution in [3.05, 3.63) is 35.4 Å². The molecule has 24 heavy (non-hydrogen) atoms. The Labute approximate surface area is 143 Å². The van der Waals surface area contributed by atoms with Crippen LogP contribution in [0, 0.1) is 11.8 Å². The lowest BCUT2D eigenvalue weighted by Crippen LogP contribution is -2.40. The second-order valence-corrected chi connectivity index (χ2v) is 7.23. The van der Waals surface area contributed by atoms with Gasteiger partial charge in [0.1, 0.15) is 0 Å². The maximum Gasteiger partial charge on any atom is 0.335 e. The number of carboxylic acids is 1. The zero-order chi connectivity index (χ0) is 17.1. The van der Waals surface area contributed by atoms with Gasteiger partial charge in [0.2, 0.25) is 5.91 Å². The smallest absolute Gasteiger partial charge is 0.335 e. The van der Waals surface area contributed by atoms with Gasteiger partial charge >= 0.3 is 5.97 Å². The molecule has 2 fully saturated rings. The normalized spacial score (nSPS) is 22.7. The molecule has 0 saturated carbocycles. The highest BCUT2D eigenvalue weighted by atomic mass is 16.4. The van der Waals surface area contributed by atoms with Crippen molar-refractivity contribution in [2.24, 2.45) is 11.8 Å². The van der Waals surface area contributed by atoms with Crippen LogP contribution in [0.2, 0.25) is 0 Å². The number of amides is 1. The number of hydrogen-bond donors (Lipinski definition) is 1. The van der Waals surface area contributed by atoms with Crippen LogP contribution in [0.3, 0.4) is 0 Å². The molecule has 3 rings (SSSR count). The van der Waals surface area contributed by atoms with E-state index in [4.69, 9.17) is 5.11 Å². The Morgan fingerprint density at radius 3 is 2.62 bits per heavy atom. The lowest BCUT2D eigenvalue weighted by molar-refractivity contribution is -0.136. The number of aromatic carboxylic acids is 1. The summed E-state index contributed by atoms with van der Waals surface area (Å²) in [7, 11) is 2.11. The molecular weight excluding hydrogens is 304 g/mol. The summed E-state index contributed by atoms with van der Waals surface area (Å²) >= 11 is 0. The van der Waals surface area contributed by atoms with Crippen LogP contribution in [0.5, 0.6) is 0 Å². The largest absolute Gasteiger partial charge is 0.478 e. The van der Waals surface area contributed by atoms with E-state index in [1.807, 2.05) is 11.0 Å². The highest BCUT2D eigenvalue weighted by molar-refractivity contribution is 5.87.